The fourth-order valence-corrected chi connectivity index (χ4v) is 4.64. The number of hydrogen-bond acceptors (Lipinski definition) is 8. The first kappa shape index (κ1) is 24.6. The quantitative estimate of drug-likeness (QED) is 0.441. The highest BCUT2D eigenvalue weighted by atomic mass is 16.6. The van der Waals surface area contributed by atoms with Gasteiger partial charge in [0.25, 0.3) is 0 Å². The topological polar surface area (TPSA) is 134 Å². The molecule has 8 heteroatoms. The van der Waals surface area contributed by atoms with Crippen molar-refractivity contribution in [1.82, 2.24) is 0 Å². The number of rotatable bonds is 8. The van der Waals surface area contributed by atoms with Crippen molar-refractivity contribution in [3.05, 3.63) is 35.4 Å². The third-order valence-corrected chi connectivity index (χ3v) is 7.08. The van der Waals surface area contributed by atoms with Crippen LogP contribution in [0.3, 0.4) is 0 Å². The Morgan fingerprint density at radius 3 is 1.44 bits per heavy atom. The number of ether oxygens (including phenoxy) is 2. The maximum Gasteiger partial charge on any atom is 0.338 e. The van der Waals surface area contributed by atoms with Gasteiger partial charge in [0.05, 0.1) is 24.3 Å². The maximum absolute atomic E-state index is 12.8. The number of carbonyl (C=O) groups is 2. The average molecular weight is 451 g/mol. The van der Waals surface area contributed by atoms with Crippen molar-refractivity contribution in [3.63, 3.8) is 0 Å². The fourth-order valence-electron chi connectivity index (χ4n) is 4.64. The third kappa shape index (κ3) is 5.67. The van der Waals surface area contributed by atoms with Gasteiger partial charge in [-0.1, -0.05) is 6.07 Å². The smallest absolute Gasteiger partial charge is 0.338 e. The summed E-state index contributed by atoms with van der Waals surface area (Å²) >= 11 is 0. The van der Waals surface area contributed by atoms with E-state index in [2.05, 4.69) is 0 Å². The molecule has 32 heavy (non-hydrogen) atoms. The first-order valence-electron chi connectivity index (χ1n) is 11.4. The van der Waals surface area contributed by atoms with E-state index in [1.165, 1.54) is 18.2 Å². The van der Waals surface area contributed by atoms with Crippen LogP contribution < -0.4 is 0 Å². The fraction of sp³-hybridized carbons (Fsp3) is 0.667. The van der Waals surface area contributed by atoms with E-state index in [1.54, 1.807) is 6.07 Å². The molecule has 2 aliphatic rings. The second-order valence-electron chi connectivity index (χ2n) is 9.29. The Bertz CT molecular complexity index is 715. The van der Waals surface area contributed by atoms with E-state index in [1.807, 2.05) is 0 Å². The molecule has 0 heterocycles. The van der Waals surface area contributed by atoms with Crippen LogP contribution in [-0.4, -0.2) is 70.0 Å². The van der Waals surface area contributed by atoms with E-state index in [0.29, 0.717) is 51.4 Å². The van der Waals surface area contributed by atoms with E-state index in [-0.39, 0.29) is 49.4 Å². The van der Waals surface area contributed by atoms with Crippen LogP contribution >= 0.6 is 0 Å². The van der Waals surface area contributed by atoms with Gasteiger partial charge in [-0.3, -0.25) is 0 Å². The molecule has 0 unspecified atom stereocenters. The molecule has 0 aromatic heterocycles. The minimum absolute atomic E-state index is 0.0790. The highest BCUT2D eigenvalue weighted by Crippen LogP contribution is 2.36. The summed E-state index contributed by atoms with van der Waals surface area (Å²) < 4.78 is 11.3. The van der Waals surface area contributed by atoms with Crippen LogP contribution in [-0.2, 0) is 9.47 Å². The summed E-state index contributed by atoms with van der Waals surface area (Å²) in [6.45, 7) is -0.440. The number of benzene rings is 1. The zero-order chi connectivity index (χ0) is 23.2. The van der Waals surface area contributed by atoms with Gasteiger partial charge in [-0.05, 0) is 81.4 Å². The summed E-state index contributed by atoms with van der Waals surface area (Å²) in [6.07, 6.45) is 4.53. The second-order valence-corrected chi connectivity index (χ2v) is 9.29. The van der Waals surface area contributed by atoms with Gasteiger partial charge in [0.2, 0.25) is 0 Å². The van der Waals surface area contributed by atoms with Crippen LogP contribution in [0.2, 0.25) is 0 Å². The minimum atomic E-state index is -0.981. The Labute approximate surface area is 188 Å². The van der Waals surface area contributed by atoms with Gasteiger partial charge in [-0.25, -0.2) is 9.59 Å². The van der Waals surface area contributed by atoms with Gasteiger partial charge in [0.1, 0.15) is 11.2 Å². The average Bonchev–Trinajstić information content (AvgIpc) is 2.85. The van der Waals surface area contributed by atoms with E-state index in [0.717, 1.165) is 0 Å². The molecule has 1 aromatic rings. The molecular formula is C24H34O8. The second kappa shape index (κ2) is 10.7. The van der Waals surface area contributed by atoms with Crippen molar-refractivity contribution in [2.45, 2.75) is 62.6 Å². The van der Waals surface area contributed by atoms with Gasteiger partial charge >= 0.3 is 11.9 Å². The number of aliphatic hydroxyl groups is 4. The van der Waals surface area contributed by atoms with Crippen molar-refractivity contribution in [2.75, 3.05) is 26.4 Å². The van der Waals surface area contributed by atoms with Crippen LogP contribution in [0.1, 0.15) is 72.1 Å². The molecule has 0 atom stereocenters. The Morgan fingerprint density at radius 2 is 1.12 bits per heavy atom. The molecule has 0 bridgehead atoms. The zero-order valence-corrected chi connectivity index (χ0v) is 18.4. The maximum atomic E-state index is 12.8. The van der Waals surface area contributed by atoms with Crippen LogP contribution in [0.25, 0.3) is 0 Å². The van der Waals surface area contributed by atoms with Crippen molar-refractivity contribution < 1.29 is 39.5 Å². The van der Waals surface area contributed by atoms with E-state index in [9.17, 15) is 30.0 Å². The third-order valence-electron chi connectivity index (χ3n) is 7.08. The van der Waals surface area contributed by atoms with Crippen molar-refractivity contribution in [1.29, 1.82) is 0 Å². The lowest BCUT2D eigenvalue weighted by Crippen LogP contribution is -2.43. The molecule has 0 aliphatic heterocycles. The van der Waals surface area contributed by atoms with Crippen molar-refractivity contribution >= 4 is 11.9 Å². The van der Waals surface area contributed by atoms with Crippen LogP contribution in [0.5, 0.6) is 0 Å². The molecule has 0 radical (unpaired) electrons. The molecule has 3 rings (SSSR count). The Morgan fingerprint density at radius 1 is 0.750 bits per heavy atom. The molecule has 8 nitrogen and oxygen atoms in total. The summed E-state index contributed by atoms with van der Waals surface area (Å²) in [4.78, 5) is 25.6. The van der Waals surface area contributed by atoms with Crippen molar-refractivity contribution in [2.24, 2.45) is 11.8 Å². The van der Waals surface area contributed by atoms with E-state index >= 15 is 0 Å². The number of esters is 2. The lowest BCUT2D eigenvalue weighted by atomic mass is 9.79. The summed E-state index contributed by atoms with van der Waals surface area (Å²) in [5.74, 6) is -0.955. The summed E-state index contributed by atoms with van der Waals surface area (Å²) in [7, 11) is 0. The van der Waals surface area contributed by atoms with E-state index < -0.39 is 23.1 Å². The first-order valence-corrected chi connectivity index (χ1v) is 11.4. The Kier molecular flexibility index (Phi) is 8.27. The van der Waals surface area contributed by atoms with Crippen LogP contribution in [0.15, 0.2) is 24.3 Å². The highest BCUT2D eigenvalue weighted by molar-refractivity contribution is 5.95. The molecule has 4 N–H and O–H groups in total. The SMILES string of the molecule is O=C(OC1(CO)CCC(CO)CC1)c1cccc(C(=O)OC2(CO)CCC(CO)CC2)c1. The van der Waals surface area contributed by atoms with Crippen LogP contribution in [0.4, 0.5) is 0 Å². The molecule has 1 aromatic carbocycles. The predicted molar refractivity (Wildman–Crippen MR) is 115 cm³/mol. The molecule has 2 saturated carbocycles. The number of hydrogen-bond donors (Lipinski definition) is 4. The van der Waals surface area contributed by atoms with Crippen LogP contribution in [0, 0.1) is 11.8 Å². The molecule has 2 aliphatic carbocycles. The lowest BCUT2D eigenvalue weighted by Gasteiger charge is -2.38. The van der Waals surface area contributed by atoms with Gasteiger partial charge in [-0.15, -0.1) is 0 Å². The van der Waals surface area contributed by atoms with Gasteiger partial charge < -0.3 is 29.9 Å². The molecule has 2 fully saturated rings. The Hall–Kier alpha value is -2.00. The summed E-state index contributed by atoms with van der Waals surface area (Å²) in [6, 6.07) is 6.05. The standard InChI is InChI=1S/C24H34O8/c25-13-17-4-8-23(15-27,9-5-17)31-21(29)19-2-1-3-20(12-19)22(30)32-24(16-28)10-6-18(14-26)7-11-24/h1-3,12,17-18,25-28H,4-11,13-16H2. The largest absolute Gasteiger partial charge is 0.453 e. The summed E-state index contributed by atoms with van der Waals surface area (Å²) in [5.41, 5.74) is -1.60. The Balaban J connectivity index is 1.66. The molecule has 0 saturated heterocycles. The molecule has 0 spiro atoms. The number of aliphatic hydroxyl groups excluding tert-OH is 4. The predicted octanol–water partition coefficient (Wildman–Crippen LogP) is 1.83. The highest BCUT2D eigenvalue weighted by Gasteiger charge is 2.40. The summed E-state index contributed by atoms with van der Waals surface area (Å²) in [5, 5.41) is 38.4. The lowest BCUT2D eigenvalue weighted by molar-refractivity contribution is -0.0761. The van der Waals surface area contributed by atoms with Crippen molar-refractivity contribution in [3.8, 4) is 0 Å². The first-order chi connectivity index (χ1) is 15.4. The molecule has 178 valence electrons. The van der Waals surface area contributed by atoms with Gasteiger partial charge in [0, 0.05) is 13.2 Å². The minimum Gasteiger partial charge on any atom is -0.453 e. The number of carbonyl (C=O) groups excluding carboxylic acids is 2. The molecular weight excluding hydrogens is 416 g/mol. The zero-order valence-electron chi connectivity index (χ0n) is 18.4. The van der Waals surface area contributed by atoms with E-state index in [4.69, 9.17) is 9.47 Å². The molecule has 0 amide bonds. The monoisotopic (exact) mass is 450 g/mol. The normalized spacial score (nSPS) is 30.5. The van der Waals surface area contributed by atoms with Gasteiger partial charge in [0.15, 0.2) is 0 Å². The van der Waals surface area contributed by atoms with Gasteiger partial charge in [-0.2, -0.15) is 0 Å².